The predicted molar refractivity (Wildman–Crippen MR) is 118 cm³/mol. The number of nitrogens with zero attached hydrogens (tertiary/aromatic N) is 1. The number of amides is 3. The van der Waals surface area contributed by atoms with Crippen molar-refractivity contribution < 1.29 is 22.7 Å². The number of ether oxygens (including phenoxy) is 1. The minimum absolute atomic E-state index is 0.00294. The van der Waals surface area contributed by atoms with E-state index < -0.39 is 33.1 Å². The number of benzene rings is 2. The summed E-state index contributed by atoms with van der Waals surface area (Å²) in [6, 6.07) is 14.9. The molecule has 1 atom stereocenters. The van der Waals surface area contributed by atoms with Gasteiger partial charge in [-0.1, -0.05) is 18.2 Å². The van der Waals surface area contributed by atoms with Gasteiger partial charge < -0.3 is 15.8 Å². The van der Waals surface area contributed by atoms with Crippen molar-refractivity contribution in [2.75, 3.05) is 12.3 Å². The van der Waals surface area contributed by atoms with Crippen molar-refractivity contribution in [3.63, 3.8) is 0 Å². The third kappa shape index (κ3) is 4.14. The zero-order chi connectivity index (χ0) is 22.9. The maximum absolute atomic E-state index is 12.8. The van der Waals surface area contributed by atoms with Crippen LogP contribution in [0.3, 0.4) is 0 Å². The number of nitrogens with one attached hydrogen (secondary N) is 2. The van der Waals surface area contributed by atoms with Gasteiger partial charge in [0.1, 0.15) is 17.9 Å². The molecule has 1 unspecified atom stereocenters. The zero-order valence-corrected chi connectivity index (χ0v) is 18.1. The molecule has 0 radical (unpaired) electrons. The van der Waals surface area contributed by atoms with Gasteiger partial charge in [-0.25, -0.2) is 13.2 Å². The predicted octanol–water partition coefficient (Wildman–Crippen LogP) is 1.43. The number of carbonyl (C=O) groups excluding carboxylic acids is 2. The molecule has 1 fully saturated rings. The first kappa shape index (κ1) is 21.7. The molecule has 4 N–H and O–H groups in total. The van der Waals surface area contributed by atoms with Gasteiger partial charge in [0.2, 0.25) is 0 Å². The Hall–Kier alpha value is -3.50. The molecule has 1 aromatic heterocycles. The molecule has 4 rings (SSSR count). The van der Waals surface area contributed by atoms with Crippen molar-refractivity contribution in [2.24, 2.45) is 5.73 Å². The topological polar surface area (TPSA) is 140 Å². The number of urea groups is 1. The Kier molecular flexibility index (Phi) is 5.57. The number of hydrogen-bond donors (Lipinski definition) is 3. The number of aromatic nitrogens is 1. The van der Waals surface area contributed by atoms with Gasteiger partial charge in [0.15, 0.2) is 9.84 Å². The van der Waals surface area contributed by atoms with Gasteiger partial charge in [0, 0.05) is 23.2 Å². The Morgan fingerprint density at radius 3 is 2.47 bits per heavy atom. The normalized spacial score (nSPS) is 18.4. The van der Waals surface area contributed by atoms with E-state index in [0.717, 1.165) is 22.2 Å². The van der Waals surface area contributed by atoms with Crippen molar-refractivity contribution in [1.82, 2.24) is 15.6 Å². The fourth-order valence-corrected chi connectivity index (χ4v) is 5.35. The molecule has 166 valence electrons. The molecular formula is C22H22N4O5S. The number of para-hydroxylation sites is 1. The van der Waals surface area contributed by atoms with Gasteiger partial charge in [0.05, 0.1) is 16.2 Å². The van der Waals surface area contributed by atoms with E-state index >= 15 is 0 Å². The summed E-state index contributed by atoms with van der Waals surface area (Å²) in [6.45, 7) is 1.86. The highest BCUT2D eigenvalue weighted by molar-refractivity contribution is 7.91. The van der Waals surface area contributed by atoms with Gasteiger partial charge in [-0.3, -0.25) is 15.1 Å². The van der Waals surface area contributed by atoms with Gasteiger partial charge in [-0.2, -0.15) is 0 Å². The first-order chi connectivity index (χ1) is 15.2. The molecule has 32 heavy (non-hydrogen) atoms. The average Bonchev–Trinajstić information content (AvgIpc) is 3.04. The molecule has 2 heterocycles. The first-order valence-electron chi connectivity index (χ1n) is 9.87. The Morgan fingerprint density at radius 2 is 1.81 bits per heavy atom. The monoisotopic (exact) mass is 454 g/mol. The first-order valence-corrected chi connectivity index (χ1v) is 11.5. The van der Waals surface area contributed by atoms with Crippen LogP contribution in [-0.4, -0.2) is 43.2 Å². The van der Waals surface area contributed by atoms with Crippen LogP contribution in [0.2, 0.25) is 0 Å². The summed E-state index contributed by atoms with van der Waals surface area (Å²) >= 11 is 0. The van der Waals surface area contributed by atoms with E-state index in [1.54, 1.807) is 12.1 Å². The van der Waals surface area contributed by atoms with Gasteiger partial charge in [0.25, 0.3) is 5.91 Å². The molecule has 0 spiro atoms. The lowest BCUT2D eigenvalue weighted by Crippen LogP contribution is -2.57. The highest BCUT2D eigenvalue weighted by Gasteiger charge is 2.48. The Labute approximate surface area is 184 Å². The summed E-state index contributed by atoms with van der Waals surface area (Å²) in [5.41, 5.74) is 6.65. The fourth-order valence-electron chi connectivity index (χ4n) is 3.66. The van der Waals surface area contributed by atoms with Crippen molar-refractivity contribution in [1.29, 1.82) is 0 Å². The van der Waals surface area contributed by atoms with Crippen LogP contribution in [0.5, 0.6) is 5.75 Å². The highest BCUT2D eigenvalue weighted by atomic mass is 32.2. The zero-order valence-electron chi connectivity index (χ0n) is 17.3. The SMILES string of the molecule is Cc1cc(COc2ccc(S(=O)(=O)CC3(CN)NC(=O)NC3=O)cc2)c2ccccc2n1. The van der Waals surface area contributed by atoms with Gasteiger partial charge in [-0.05, 0) is 43.3 Å². The fraction of sp³-hybridized carbons (Fsp3) is 0.227. The maximum atomic E-state index is 12.8. The second-order valence-electron chi connectivity index (χ2n) is 7.65. The molecular weight excluding hydrogens is 432 g/mol. The molecule has 9 nitrogen and oxygen atoms in total. The lowest BCUT2D eigenvalue weighted by molar-refractivity contribution is -0.122. The van der Waals surface area contributed by atoms with E-state index in [0.29, 0.717) is 12.4 Å². The van der Waals surface area contributed by atoms with Crippen molar-refractivity contribution >= 4 is 32.7 Å². The molecule has 3 aromatic rings. The molecule has 10 heteroatoms. The number of imide groups is 1. The quantitative estimate of drug-likeness (QED) is 0.459. The summed E-state index contributed by atoms with van der Waals surface area (Å²) in [4.78, 5) is 28.1. The van der Waals surface area contributed by atoms with Crippen LogP contribution in [0.4, 0.5) is 4.79 Å². The number of fused-ring (bicyclic) bond motifs is 1. The van der Waals surface area contributed by atoms with Crippen LogP contribution in [-0.2, 0) is 21.2 Å². The van der Waals surface area contributed by atoms with Crippen molar-refractivity contribution in [3.8, 4) is 5.75 Å². The second kappa shape index (κ2) is 8.21. The number of nitrogens with two attached hydrogens (primary N) is 1. The smallest absolute Gasteiger partial charge is 0.322 e. The Morgan fingerprint density at radius 1 is 1.09 bits per heavy atom. The minimum atomic E-state index is -3.91. The third-order valence-electron chi connectivity index (χ3n) is 5.31. The Balaban J connectivity index is 1.50. The third-order valence-corrected chi connectivity index (χ3v) is 7.17. The van der Waals surface area contributed by atoms with Crippen molar-refractivity contribution in [2.45, 2.75) is 24.0 Å². The van der Waals surface area contributed by atoms with Crippen molar-refractivity contribution in [3.05, 3.63) is 65.9 Å². The van der Waals surface area contributed by atoms with E-state index in [-0.39, 0.29) is 11.4 Å². The average molecular weight is 455 g/mol. The molecule has 1 saturated heterocycles. The lowest BCUT2D eigenvalue weighted by Gasteiger charge is -2.23. The van der Waals surface area contributed by atoms with E-state index in [9.17, 15) is 18.0 Å². The molecule has 3 amide bonds. The van der Waals surface area contributed by atoms with Crippen LogP contribution >= 0.6 is 0 Å². The van der Waals surface area contributed by atoms with E-state index in [1.165, 1.54) is 12.1 Å². The number of carbonyl (C=O) groups is 2. The number of hydrogen-bond acceptors (Lipinski definition) is 7. The summed E-state index contributed by atoms with van der Waals surface area (Å²) in [5, 5.41) is 5.35. The lowest BCUT2D eigenvalue weighted by atomic mass is 10.0. The molecule has 0 bridgehead atoms. The second-order valence-corrected chi connectivity index (χ2v) is 9.64. The van der Waals surface area contributed by atoms with Crippen LogP contribution in [0.15, 0.2) is 59.5 Å². The van der Waals surface area contributed by atoms with Crippen LogP contribution in [0.1, 0.15) is 11.3 Å². The van der Waals surface area contributed by atoms with Gasteiger partial charge >= 0.3 is 6.03 Å². The summed E-state index contributed by atoms with van der Waals surface area (Å²) in [5.74, 6) is -0.910. The summed E-state index contributed by atoms with van der Waals surface area (Å²) < 4.78 is 31.6. The standard InChI is InChI=1S/C22H22N4O5S/c1-14-10-15(18-4-2-3-5-19(18)24-14)11-31-16-6-8-17(9-7-16)32(29,30)13-22(12-23)20(27)25-21(28)26-22/h2-10H,11-13,23H2,1H3,(H2,25,26,27,28). The van der Waals surface area contributed by atoms with Crippen LogP contribution in [0, 0.1) is 6.92 Å². The maximum Gasteiger partial charge on any atom is 0.322 e. The number of rotatable bonds is 7. The molecule has 2 aromatic carbocycles. The van der Waals surface area contributed by atoms with E-state index in [4.69, 9.17) is 10.5 Å². The summed E-state index contributed by atoms with van der Waals surface area (Å²) in [7, 11) is -3.91. The minimum Gasteiger partial charge on any atom is -0.489 e. The Bertz CT molecular complexity index is 1310. The van der Waals surface area contributed by atoms with Gasteiger partial charge in [-0.15, -0.1) is 0 Å². The molecule has 1 aliphatic rings. The largest absolute Gasteiger partial charge is 0.489 e. The molecule has 1 aliphatic heterocycles. The van der Waals surface area contributed by atoms with E-state index in [2.05, 4.69) is 10.3 Å². The van der Waals surface area contributed by atoms with Crippen LogP contribution < -0.4 is 21.1 Å². The highest BCUT2D eigenvalue weighted by Crippen LogP contribution is 2.24. The van der Waals surface area contributed by atoms with E-state index in [1.807, 2.05) is 42.6 Å². The molecule has 0 saturated carbocycles. The molecule has 0 aliphatic carbocycles. The van der Waals surface area contributed by atoms with Crippen LogP contribution in [0.25, 0.3) is 10.9 Å². The summed E-state index contributed by atoms with van der Waals surface area (Å²) in [6.07, 6.45) is 0. The number of sulfone groups is 1. The number of pyridine rings is 1. The number of aryl methyl sites for hydroxylation is 1.